The lowest BCUT2D eigenvalue weighted by atomic mass is 10.0. The molecule has 0 aromatic heterocycles. The first kappa shape index (κ1) is 15.1. The molecule has 1 aromatic rings. The summed E-state index contributed by atoms with van der Waals surface area (Å²) >= 11 is 0. The Balaban J connectivity index is 2.02. The molecule has 3 N–H and O–H groups in total. The van der Waals surface area contributed by atoms with Gasteiger partial charge in [-0.3, -0.25) is 0 Å². The minimum Gasteiger partial charge on any atom is -0.491 e. The van der Waals surface area contributed by atoms with Crippen LogP contribution in [0.2, 0.25) is 0 Å². The predicted molar refractivity (Wildman–Crippen MR) is 76.1 cm³/mol. The summed E-state index contributed by atoms with van der Waals surface area (Å²) in [5, 5.41) is 0. The maximum Gasteiger partial charge on any atom is 0.240 e. The van der Waals surface area contributed by atoms with Crippen molar-refractivity contribution in [2.75, 3.05) is 32.6 Å². The molecule has 1 aliphatic rings. The number of anilines is 1. The van der Waals surface area contributed by atoms with E-state index in [9.17, 15) is 8.42 Å². The van der Waals surface area contributed by atoms with Gasteiger partial charge in [-0.1, -0.05) is 0 Å². The van der Waals surface area contributed by atoms with E-state index in [1.807, 2.05) is 0 Å². The van der Waals surface area contributed by atoms with Gasteiger partial charge in [-0.05, 0) is 44.0 Å². The molecule has 1 heterocycles. The fraction of sp³-hybridized carbons (Fsp3) is 0.538. The molecule has 1 aromatic carbocycles. The van der Waals surface area contributed by atoms with Crippen molar-refractivity contribution in [3.8, 4) is 5.75 Å². The number of benzene rings is 1. The molecule has 1 saturated heterocycles. The average Bonchev–Trinajstić information content (AvgIpc) is 2.47. The molecule has 0 radical (unpaired) electrons. The van der Waals surface area contributed by atoms with Crippen molar-refractivity contribution < 1.29 is 17.9 Å². The summed E-state index contributed by atoms with van der Waals surface area (Å²) in [6, 6.07) is 4.49. The molecule has 20 heavy (non-hydrogen) atoms. The predicted octanol–water partition coefficient (Wildman–Crippen LogP) is 0.982. The average molecular weight is 300 g/mol. The maximum atomic E-state index is 11.6. The van der Waals surface area contributed by atoms with Crippen LogP contribution in [0, 0.1) is 5.92 Å². The first-order valence-electron chi connectivity index (χ1n) is 6.56. The monoisotopic (exact) mass is 300 g/mol. The molecule has 112 valence electrons. The first-order valence-corrected chi connectivity index (χ1v) is 8.05. The summed E-state index contributed by atoms with van der Waals surface area (Å²) in [4.78, 5) is 0.135. The SMILES string of the molecule is CNS(=O)(=O)c1ccc(OCC2CCOCC2)c(N)c1. The zero-order valence-electron chi connectivity index (χ0n) is 11.5. The van der Waals surface area contributed by atoms with Crippen molar-refractivity contribution in [2.45, 2.75) is 17.7 Å². The van der Waals surface area contributed by atoms with Crippen LogP contribution in [0.1, 0.15) is 12.8 Å². The van der Waals surface area contributed by atoms with E-state index in [0.29, 0.717) is 24.0 Å². The van der Waals surface area contributed by atoms with Gasteiger partial charge in [0.25, 0.3) is 0 Å². The highest BCUT2D eigenvalue weighted by Crippen LogP contribution is 2.26. The maximum absolute atomic E-state index is 11.6. The van der Waals surface area contributed by atoms with E-state index in [4.69, 9.17) is 15.2 Å². The normalized spacial score (nSPS) is 17.1. The van der Waals surface area contributed by atoms with Crippen LogP contribution in [-0.4, -0.2) is 35.3 Å². The van der Waals surface area contributed by atoms with Crippen LogP contribution in [0.25, 0.3) is 0 Å². The quantitative estimate of drug-likeness (QED) is 0.791. The van der Waals surface area contributed by atoms with Crippen LogP contribution in [0.4, 0.5) is 5.69 Å². The molecular formula is C13H20N2O4S. The van der Waals surface area contributed by atoms with Crippen molar-refractivity contribution in [3.05, 3.63) is 18.2 Å². The van der Waals surface area contributed by atoms with Gasteiger partial charge in [0.05, 0.1) is 17.2 Å². The Hall–Kier alpha value is -1.31. The lowest BCUT2D eigenvalue weighted by Crippen LogP contribution is -2.22. The molecule has 0 saturated carbocycles. The van der Waals surface area contributed by atoms with Crippen LogP contribution in [0.3, 0.4) is 0 Å². The highest BCUT2D eigenvalue weighted by molar-refractivity contribution is 7.89. The van der Waals surface area contributed by atoms with E-state index in [-0.39, 0.29) is 4.90 Å². The van der Waals surface area contributed by atoms with Crippen LogP contribution < -0.4 is 15.2 Å². The third-order valence-electron chi connectivity index (χ3n) is 3.38. The number of nitrogens with two attached hydrogens (primary N) is 1. The van der Waals surface area contributed by atoms with Gasteiger partial charge in [0.2, 0.25) is 10.0 Å². The second kappa shape index (κ2) is 6.43. The lowest BCUT2D eigenvalue weighted by molar-refractivity contribution is 0.0498. The molecule has 1 fully saturated rings. The summed E-state index contributed by atoms with van der Waals surface area (Å²) in [7, 11) is -2.11. The van der Waals surface area contributed by atoms with Crippen molar-refractivity contribution >= 4 is 15.7 Å². The van der Waals surface area contributed by atoms with Crippen molar-refractivity contribution in [2.24, 2.45) is 5.92 Å². The molecule has 0 amide bonds. The van der Waals surface area contributed by atoms with E-state index in [2.05, 4.69) is 4.72 Å². The van der Waals surface area contributed by atoms with Gasteiger partial charge in [-0.2, -0.15) is 0 Å². The first-order chi connectivity index (χ1) is 9.53. The number of ether oxygens (including phenoxy) is 2. The molecule has 0 bridgehead atoms. The van der Waals surface area contributed by atoms with Crippen LogP contribution in [-0.2, 0) is 14.8 Å². The van der Waals surface area contributed by atoms with E-state index in [1.54, 1.807) is 6.07 Å². The van der Waals surface area contributed by atoms with Crippen LogP contribution in [0.5, 0.6) is 5.75 Å². The Morgan fingerprint density at radius 2 is 2.10 bits per heavy atom. The number of nitrogens with one attached hydrogen (secondary N) is 1. The molecule has 2 rings (SSSR count). The summed E-state index contributed by atoms with van der Waals surface area (Å²) in [5.74, 6) is 0.982. The Morgan fingerprint density at radius 3 is 2.70 bits per heavy atom. The Labute approximate surface area is 119 Å². The zero-order chi connectivity index (χ0) is 14.6. The Morgan fingerprint density at radius 1 is 1.40 bits per heavy atom. The minimum atomic E-state index is -3.47. The fourth-order valence-electron chi connectivity index (χ4n) is 2.06. The number of hydrogen-bond acceptors (Lipinski definition) is 5. The van der Waals surface area contributed by atoms with Gasteiger partial charge in [0.15, 0.2) is 0 Å². The molecule has 7 heteroatoms. The number of nitrogen functional groups attached to an aromatic ring is 1. The highest BCUT2D eigenvalue weighted by atomic mass is 32.2. The van der Waals surface area contributed by atoms with Gasteiger partial charge in [0, 0.05) is 13.2 Å². The summed E-state index contributed by atoms with van der Waals surface area (Å²) in [6.45, 7) is 2.11. The standard InChI is InChI=1S/C13H20N2O4S/c1-15-20(16,17)11-2-3-13(12(14)8-11)19-9-10-4-6-18-7-5-10/h2-3,8,10,15H,4-7,9,14H2,1H3. The Kier molecular flexibility index (Phi) is 4.85. The molecule has 6 nitrogen and oxygen atoms in total. The van der Waals surface area contributed by atoms with Gasteiger partial charge in [0.1, 0.15) is 5.75 Å². The molecule has 0 aliphatic carbocycles. The fourth-order valence-corrected chi connectivity index (χ4v) is 2.83. The third-order valence-corrected chi connectivity index (χ3v) is 4.79. The minimum absolute atomic E-state index is 0.135. The molecular weight excluding hydrogens is 280 g/mol. The smallest absolute Gasteiger partial charge is 0.240 e. The number of rotatable bonds is 5. The Bertz CT molecular complexity index is 553. The van der Waals surface area contributed by atoms with Crippen molar-refractivity contribution in [1.82, 2.24) is 4.72 Å². The van der Waals surface area contributed by atoms with E-state index >= 15 is 0 Å². The zero-order valence-corrected chi connectivity index (χ0v) is 12.3. The van der Waals surface area contributed by atoms with Crippen molar-refractivity contribution in [3.63, 3.8) is 0 Å². The third kappa shape index (κ3) is 3.62. The van der Waals surface area contributed by atoms with Gasteiger partial charge >= 0.3 is 0 Å². The molecule has 0 spiro atoms. The summed E-state index contributed by atoms with van der Waals surface area (Å²) < 4.78 is 36.5. The van der Waals surface area contributed by atoms with Gasteiger partial charge < -0.3 is 15.2 Å². The largest absolute Gasteiger partial charge is 0.491 e. The summed E-state index contributed by atoms with van der Waals surface area (Å²) in [5.41, 5.74) is 6.17. The van der Waals surface area contributed by atoms with Crippen LogP contribution in [0.15, 0.2) is 23.1 Å². The lowest BCUT2D eigenvalue weighted by Gasteiger charge is -2.22. The van der Waals surface area contributed by atoms with E-state index in [0.717, 1.165) is 26.1 Å². The van der Waals surface area contributed by atoms with Crippen LogP contribution >= 0.6 is 0 Å². The second-order valence-corrected chi connectivity index (χ2v) is 6.66. The highest BCUT2D eigenvalue weighted by Gasteiger charge is 2.16. The number of sulfonamides is 1. The topological polar surface area (TPSA) is 90.7 Å². The summed E-state index contributed by atoms with van der Waals surface area (Å²) in [6.07, 6.45) is 1.96. The van der Waals surface area contributed by atoms with Gasteiger partial charge in [-0.15, -0.1) is 0 Å². The van der Waals surface area contributed by atoms with Gasteiger partial charge in [-0.25, -0.2) is 13.1 Å². The molecule has 1 aliphatic heterocycles. The van der Waals surface area contributed by atoms with E-state index < -0.39 is 10.0 Å². The second-order valence-electron chi connectivity index (χ2n) is 4.77. The van der Waals surface area contributed by atoms with E-state index in [1.165, 1.54) is 19.2 Å². The number of hydrogen-bond donors (Lipinski definition) is 2. The van der Waals surface area contributed by atoms with Crippen molar-refractivity contribution in [1.29, 1.82) is 0 Å². The molecule has 0 unspecified atom stereocenters. The molecule has 0 atom stereocenters.